The highest BCUT2D eigenvalue weighted by molar-refractivity contribution is 7.89. The molecule has 3 aromatic rings. The number of aryl methyl sites for hydroxylation is 1. The molecule has 3 rings (SSSR count). The molecule has 0 bridgehead atoms. The number of nitrogens with one attached hydrogen (secondary N) is 1. The topological polar surface area (TPSA) is 118 Å². The Morgan fingerprint density at radius 2 is 1.89 bits per heavy atom. The Morgan fingerprint density at radius 1 is 1.21 bits per heavy atom. The van der Waals surface area contributed by atoms with Crippen molar-refractivity contribution in [2.75, 3.05) is 14.1 Å². The van der Waals surface area contributed by atoms with Crippen LogP contribution < -0.4 is 11.1 Å². The Morgan fingerprint density at radius 3 is 2.54 bits per heavy atom. The number of fused-ring (bicyclic) bond motifs is 1. The van der Waals surface area contributed by atoms with Crippen LogP contribution in [0.3, 0.4) is 0 Å². The summed E-state index contributed by atoms with van der Waals surface area (Å²) in [5.74, 6) is 0.113. The first-order valence-corrected chi connectivity index (χ1v) is 10.1. The summed E-state index contributed by atoms with van der Waals surface area (Å²) in [4.78, 5) is 31.5. The molecule has 2 heterocycles. The van der Waals surface area contributed by atoms with Crippen LogP contribution >= 0.6 is 23.2 Å². The van der Waals surface area contributed by atoms with Crippen molar-refractivity contribution in [3.05, 3.63) is 60.5 Å². The molecule has 0 amide bonds. The summed E-state index contributed by atoms with van der Waals surface area (Å²) >= 11 is 11.6. The zero-order valence-electron chi connectivity index (χ0n) is 15.0. The average molecular weight is 444 g/mol. The SMILES string of the molecule is Cc1cc2c(=O)[nH]c(Cn3ncc(Cl)c(Cl)c3=O)nc2cc1S(=O)(=O)N(C)C. The van der Waals surface area contributed by atoms with E-state index in [0.29, 0.717) is 5.56 Å². The lowest BCUT2D eigenvalue weighted by Crippen LogP contribution is -2.26. The van der Waals surface area contributed by atoms with Gasteiger partial charge in [0.15, 0.2) is 0 Å². The van der Waals surface area contributed by atoms with Gasteiger partial charge in [0.2, 0.25) is 10.0 Å². The van der Waals surface area contributed by atoms with Gasteiger partial charge in [0.25, 0.3) is 11.1 Å². The molecule has 148 valence electrons. The zero-order chi connectivity index (χ0) is 20.8. The normalized spacial score (nSPS) is 12.1. The molecular weight excluding hydrogens is 429 g/mol. The van der Waals surface area contributed by atoms with Gasteiger partial charge in [-0.1, -0.05) is 23.2 Å². The molecule has 28 heavy (non-hydrogen) atoms. The van der Waals surface area contributed by atoms with E-state index in [2.05, 4.69) is 15.1 Å². The van der Waals surface area contributed by atoms with E-state index in [-0.39, 0.29) is 38.2 Å². The van der Waals surface area contributed by atoms with Crippen LogP contribution in [0.1, 0.15) is 11.4 Å². The van der Waals surface area contributed by atoms with E-state index in [1.54, 1.807) is 6.92 Å². The minimum absolute atomic E-state index is 0.0110. The fourth-order valence-electron chi connectivity index (χ4n) is 2.57. The van der Waals surface area contributed by atoms with E-state index in [1.807, 2.05) is 0 Å². The lowest BCUT2D eigenvalue weighted by Gasteiger charge is -2.14. The number of aromatic nitrogens is 4. The van der Waals surface area contributed by atoms with Crippen molar-refractivity contribution in [2.24, 2.45) is 0 Å². The van der Waals surface area contributed by atoms with Crippen molar-refractivity contribution in [1.29, 1.82) is 0 Å². The highest BCUT2D eigenvalue weighted by Crippen LogP contribution is 2.22. The number of halogens is 2. The Bertz CT molecular complexity index is 1320. The van der Waals surface area contributed by atoms with E-state index in [9.17, 15) is 18.0 Å². The van der Waals surface area contributed by atoms with Crippen molar-refractivity contribution >= 4 is 44.1 Å². The number of H-pyrrole nitrogens is 1. The van der Waals surface area contributed by atoms with Crippen LogP contribution in [0.2, 0.25) is 10.0 Å². The number of nitrogens with zero attached hydrogens (tertiary/aromatic N) is 4. The van der Waals surface area contributed by atoms with Gasteiger partial charge < -0.3 is 4.98 Å². The summed E-state index contributed by atoms with van der Waals surface area (Å²) in [7, 11) is -0.890. The third-order valence-electron chi connectivity index (χ3n) is 4.05. The molecule has 0 fully saturated rings. The van der Waals surface area contributed by atoms with Crippen LogP contribution in [0.4, 0.5) is 0 Å². The van der Waals surface area contributed by atoms with Crippen LogP contribution in [0.5, 0.6) is 0 Å². The summed E-state index contributed by atoms with van der Waals surface area (Å²) in [6.45, 7) is 1.42. The predicted octanol–water partition coefficient (Wildman–Crippen LogP) is 1.39. The summed E-state index contributed by atoms with van der Waals surface area (Å²) in [5, 5.41) is 3.90. The van der Waals surface area contributed by atoms with Gasteiger partial charge in [-0.25, -0.2) is 22.4 Å². The molecule has 0 saturated heterocycles. The molecule has 0 spiro atoms. The third-order valence-corrected chi connectivity index (χ3v) is 6.76. The van der Waals surface area contributed by atoms with Crippen molar-refractivity contribution in [3.63, 3.8) is 0 Å². The second-order valence-electron chi connectivity index (χ2n) is 6.20. The van der Waals surface area contributed by atoms with E-state index < -0.39 is 21.1 Å². The van der Waals surface area contributed by atoms with Gasteiger partial charge in [-0.3, -0.25) is 9.59 Å². The molecule has 0 aliphatic carbocycles. The van der Waals surface area contributed by atoms with Crippen molar-refractivity contribution in [3.8, 4) is 0 Å². The van der Waals surface area contributed by atoms with Gasteiger partial charge in [0.1, 0.15) is 17.4 Å². The number of aromatic amines is 1. The molecule has 0 aliphatic rings. The van der Waals surface area contributed by atoms with Gasteiger partial charge in [-0.05, 0) is 24.6 Å². The molecule has 9 nitrogen and oxygen atoms in total. The summed E-state index contributed by atoms with van der Waals surface area (Å²) in [6.07, 6.45) is 1.20. The quantitative estimate of drug-likeness (QED) is 0.650. The first kappa shape index (κ1) is 20.5. The minimum Gasteiger partial charge on any atom is -0.308 e. The van der Waals surface area contributed by atoms with Crippen LogP contribution in [0, 0.1) is 6.92 Å². The third kappa shape index (κ3) is 3.55. The summed E-state index contributed by atoms with van der Waals surface area (Å²) < 4.78 is 27.1. The van der Waals surface area contributed by atoms with Gasteiger partial charge in [-0.15, -0.1) is 0 Å². The second-order valence-corrected chi connectivity index (χ2v) is 9.11. The molecule has 0 atom stereocenters. The fourth-order valence-corrected chi connectivity index (χ4v) is 3.96. The van der Waals surface area contributed by atoms with Crippen molar-refractivity contribution < 1.29 is 8.42 Å². The monoisotopic (exact) mass is 443 g/mol. The number of benzene rings is 1. The Kier molecular flexibility index (Phi) is 5.32. The van der Waals surface area contributed by atoms with Crippen LogP contribution in [-0.2, 0) is 16.6 Å². The number of sulfonamides is 1. The molecule has 1 aromatic carbocycles. The van der Waals surface area contributed by atoms with Crippen molar-refractivity contribution in [2.45, 2.75) is 18.4 Å². The Hall–Kier alpha value is -2.27. The van der Waals surface area contributed by atoms with Crippen molar-refractivity contribution in [1.82, 2.24) is 24.1 Å². The van der Waals surface area contributed by atoms with E-state index in [4.69, 9.17) is 23.2 Å². The summed E-state index contributed by atoms with van der Waals surface area (Å²) in [6, 6.07) is 2.80. The van der Waals surface area contributed by atoms with Gasteiger partial charge >= 0.3 is 0 Å². The smallest absolute Gasteiger partial charge is 0.287 e. The number of rotatable bonds is 4. The highest BCUT2D eigenvalue weighted by atomic mass is 35.5. The highest BCUT2D eigenvalue weighted by Gasteiger charge is 2.21. The summed E-state index contributed by atoms with van der Waals surface area (Å²) in [5.41, 5.74) is -0.511. The Balaban J connectivity index is 2.17. The number of hydrogen-bond donors (Lipinski definition) is 1. The number of hydrogen-bond acceptors (Lipinski definition) is 6. The molecule has 0 aliphatic heterocycles. The van der Waals surface area contributed by atoms with Crippen LogP contribution in [-0.4, -0.2) is 46.6 Å². The molecule has 2 aromatic heterocycles. The van der Waals surface area contributed by atoms with Gasteiger partial charge in [-0.2, -0.15) is 5.10 Å². The van der Waals surface area contributed by atoms with E-state index in [1.165, 1.54) is 32.4 Å². The molecule has 1 N–H and O–H groups in total. The maximum atomic E-state index is 12.5. The molecular formula is C16H15Cl2N5O4S. The van der Waals surface area contributed by atoms with E-state index in [0.717, 1.165) is 8.99 Å². The average Bonchev–Trinajstić information content (AvgIpc) is 2.62. The molecule has 0 radical (unpaired) electrons. The first-order chi connectivity index (χ1) is 13.0. The standard InChI is InChI=1S/C16H15Cl2N5O4S/c1-8-4-9-11(5-12(8)28(26,27)22(2)3)20-13(21-15(9)24)7-23-16(25)14(18)10(17)6-19-23/h4-6H,7H2,1-3H3,(H,20,21,24). The zero-order valence-corrected chi connectivity index (χ0v) is 17.4. The largest absolute Gasteiger partial charge is 0.308 e. The lowest BCUT2D eigenvalue weighted by atomic mass is 10.1. The van der Waals surface area contributed by atoms with Gasteiger partial charge in [0.05, 0.1) is 27.0 Å². The molecule has 0 unspecified atom stereocenters. The predicted molar refractivity (Wildman–Crippen MR) is 106 cm³/mol. The van der Waals surface area contributed by atoms with Gasteiger partial charge in [0, 0.05) is 14.1 Å². The molecule has 12 heteroatoms. The molecule has 0 saturated carbocycles. The second kappa shape index (κ2) is 7.28. The Labute approximate surface area is 169 Å². The van der Waals surface area contributed by atoms with Crippen LogP contribution in [0.25, 0.3) is 10.9 Å². The van der Waals surface area contributed by atoms with E-state index >= 15 is 0 Å². The maximum absolute atomic E-state index is 12.5. The lowest BCUT2D eigenvalue weighted by molar-refractivity contribution is 0.520. The fraction of sp³-hybridized carbons (Fsp3) is 0.250. The maximum Gasteiger partial charge on any atom is 0.287 e. The minimum atomic E-state index is -3.72. The first-order valence-electron chi connectivity index (χ1n) is 7.89. The van der Waals surface area contributed by atoms with Crippen LogP contribution in [0.15, 0.2) is 32.8 Å².